The molecule has 108 valence electrons. The Hall–Kier alpha value is -2.32. The Balaban J connectivity index is 1.92. The highest BCUT2D eigenvalue weighted by atomic mass is 32.1. The summed E-state index contributed by atoms with van der Waals surface area (Å²) in [4.78, 5) is 5.50. The lowest BCUT2D eigenvalue weighted by atomic mass is 10.1. The third-order valence-electron chi connectivity index (χ3n) is 3.06. The molecule has 2 N–H and O–H groups in total. The topological polar surface area (TPSA) is 60.2 Å². The zero-order valence-corrected chi connectivity index (χ0v) is 12.9. The van der Waals surface area contributed by atoms with E-state index in [1.165, 1.54) is 4.88 Å². The fourth-order valence-corrected chi connectivity index (χ4v) is 2.68. The van der Waals surface area contributed by atoms with Crippen LogP contribution < -0.4 is 10.6 Å². The molecule has 0 aliphatic rings. The molecule has 0 radical (unpaired) electrons. The van der Waals surface area contributed by atoms with Crippen LogP contribution in [0.1, 0.15) is 29.0 Å². The van der Waals surface area contributed by atoms with Crippen molar-refractivity contribution >= 4 is 17.3 Å². The molecule has 2 rings (SSSR count). The van der Waals surface area contributed by atoms with E-state index >= 15 is 0 Å². The predicted molar refractivity (Wildman–Crippen MR) is 87.2 cm³/mol. The summed E-state index contributed by atoms with van der Waals surface area (Å²) in [5.74, 6) is 0.748. The Morgan fingerprint density at radius 1 is 1.38 bits per heavy atom. The third-order valence-corrected chi connectivity index (χ3v) is 4.12. The van der Waals surface area contributed by atoms with Crippen LogP contribution in [0, 0.1) is 11.3 Å². The maximum Gasteiger partial charge on any atom is 0.191 e. The van der Waals surface area contributed by atoms with Gasteiger partial charge in [0, 0.05) is 18.5 Å². The van der Waals surface area contributed by atoms with Gasteiger partial charge in [0.25, 0.3) is 0 Å². The van der Waals surface area contributed by atoms with E-state index in [0.29, 0.717) is 12.1 Å². The second-order valence-corrected chi connectivity index (χ2v) is 5.60. The van der Waals surface area contributed by atoms with E-state index in [1.807, 2.05) is 24.3 Å². The molecule has 0 aliphatic carbocycles. The quantitative estimate of drug-likeness (QED) is 0.673. The average molecular weight is 298 g/mol. The Kier molecular flexibility index (Phi) is 5.35. The summed E-state index contributed by atoms with van der Waals surface area (Å²) >= 11 is 1.72. The first-order valence-electron chi connectivity index (χ1n) is 6.72. The van der Waals surface area contributed by atoms with Crippen LogP contribution in [-0.4, -0.2) is 13.0 Å². The molecule has 0 bridgehead atoms. The van der Waals surface area contributed by atoms with Crippen LogP contribution in [0.3, 0.4) is 0 Å². The second-order valence-electron chi connectivity index (χ2n) is 4.62. The molecule has 1 heterocycles. The molecule has 1 atom stereocenters. The highest BCUT2D eigenvalue weighted by Crippen LogP contribution is 2.17. The van der Waals surface area contributed by atoms with Gasteiger partial charge in [0.1, 0.15) is 0 Å². The molecule has 0 spiro atoms. The third kappa shape index (κ3) is 4.33. The van der Waals surface area contributed by atoms with E-state index in [9.17, 15) is 0 Å². The number of nitrogens with one attached hydrogen (secondary N) is 2. The largest absolute Gasteiger partial charge is 0.352 e. The first-order valence-corrected chi connectivity index (χ1v) is 7.60. The molecule has 4 nitrogen and oxygen atoms in total. The molecule has 1 aromatic heterocycles. The normalized spacial score (nSPS) is 12.5. The Labute approximate surface area is 129 Å². The number of nitrogens with zero attached hydrogens (tertiary/aromatic N) is 2. The molecule has 0 saturated carbocycles. The predicted octanol–water partition coefficient (Wildman–Crippen LogP) is 3.05. The van der Waals surface area contributed by atoms with E-state index in [1.54, 1.807) is 24.5 Å². The SMILES string of the molecule is CN=C(NCc1cccc(C#N)c1)NC(C)c1cccs1. The fraction of sp³-hybridized carbons (Fsp3) is 0.250. The molecule has 2 aromatic rings. The number of nitriles is 1. The fourth-order valence-electron chi connectivity index (χ4n) is 1.95. The van der Waals surface area contributed by atoms with Gasteiger partial charge in [-0.3, -0.25) is 4.99 Å². The van der Waals surface area contributed by atoms with E-state index in [0.717, 1.165) is 11.5 Å². The first-order chi connectivity index (χ1) is 10.2. The van der Waals surface area contributed by atoms with Gasteiger partial charge in [-0.1, -0.05) is 18.2 Å². The maximum absolute atomic E-state index is 8.90. The van der Waals surface area contributed by atoms with Crippen LogP contribution in [0.4, 0.5) is 0 Å². The Bertz CT molecular complexity index is 641. The lowest BCUT2D eigenvalue weighted by molar-refractivity contribution is 0.696. The summed E-state index contributed by atoms with van der Waals surface area (Å²) in [6.45, 7) is 2.74. The van der Waals surface area contributed by atoms with E-state index in [-0.39, 0.29) is 6.04 Å². The average Bonchev–Trinajstić information content (AvgIpc) is 3.06. The van der Waals surface area contributed by atoms with Crippen molar-refractivity contribution in [2.75, 3.05) is 7.05 Å². The summed E-state index contributed by atoms with van der Waals surface area (Å²) < 4.78 is 0. The van der Waals surface area contributed by atoms with Crippen LogP contribution in [-0.2, 0) is 6.54 Å². The van der Waals surface area contributed by atoms with Crippen molar-refractivity contribution in [2.45, 2.75) is 19.5 Å². The van der Waals surface area contributed by atoms with Crippen molar-refractivity contribution < 1.29 is 0 Å². The standard InChI is InChI=1S/C16H18N4S/c1-12(15-7-4-8-21-15)20-16(18-2)19-11-14-6-3-5-13(9-14)10-17/h3-9,12H,11H2,1-2H3,(H2,18,19,20). The molecule has 1 aromatic carbocycles. The first kappa shape index (κ1) is 15.1. The maximum atomic E-state index is 8.90. The molecule has 5 heteroatoms. The van der Waals surface area contributed by atoms with Gasteiger partial charge in [0.05, 0.1) is 17.7 Å². The van der Waals surface area contributed by atoms with Crippen LogP contribution in [0.5, 0.6) is 0 Å². The number of guanidine groups is 1. The monoisotopic (exact) mass is 298 g/mol. The summed E-state index contributed by atoms with van der Waals surface area (Å²) in [5, 5.41) is 17.6. The lowest BCUT2D eigenvalue weighted by Crippen LogP contribution is -2.38. The van der Waals surface area contributed by atoms with E-state index in [4.69, 9.17) is 5.26 Å². The summed E-state index contributed by atoms with van der Waals surface area (Å²) in [6, 6.07) is 14.1. The number of hydrogen-bond donors (Lipinski definition) is 2. The minimum absolute atomic E-state index is 0.210. The van der Waals surface area contributed by atoms with Crippen LogP contribution >= 0.6 is 11.3 Å². The number of benzene rings is 1. The van der Waals surface area contributed by atoms with Gasteiger partial charge < -0.3 is 10.6 Å². The number of aliphatic imine (C=N–C) groups is 1. The molecule has 1 unspecified atom stereocenters. The van der Waals surface area contributed by atoms with Crippen LogP contribution in [0.2, 0.25) is 0 Å². The van der Waals surface area contributed by atoms with Gasteiger partial charge in [0.15, 0.2) is 5.96 Å². The van der Waals surface area contributed by atoms with Gasteiger partial charge >= 0.3 is 0 Å². The molecule has 0 fully saturated rings. The number of rotatable bonds is 4. The van der Waals surface area contributed by atoms with Crippen molar-refractivity contribution in [1.29, 1.82) is 5.26 Å². The van der Waals surface area contributed by atoms with Crippen LogP contribution in [0.25, 0.3) is 0 Å². The zero-order valence-electron chi connectivity index (χ0n) is 12.1. The van der Waals surface area contributed by atoms with Gasteiger partial charge in [-0.2, -0.15) is 5.26 Å². The number of thiophene rings is 1. The molecule has 0 aliphatic heterocycles. The lowest BCUT2D eigenvalue weighted by Gasteiger charge is -2.17. The van der Waals surface area contributed by atoms with Gasteiger partial charge in [-0.25, -0.2) is 0 Å². The van der Waals surface area contributed by atoms with Crippen LogP contribution in [0.15, 0.2) is 46.8 Å². The highest BCUT2D eigenvalue weighted by Gasteiger charge is 2.08. The zero-order chi connectivity index (χ0) is 15.1. The Morgan fingerprint density at radius 3 is 2.90 bits per heavy atom. The van der Waals surface area contributed by atoms with Crippen molar-refractivity contribution in [1.82, 2.24) is 10.6 Å². The Morgan fingerprint density at radius 2 is 2.24 bits per heavy atom. The van der Waals surface area contributed by atoms with Crippen molar-refractivity contribution in [3.05, 3.63) is 57.8 Å². The minimum atomic E-state index is 0.210. The summed E-state index contributed by atoms with van der Waals surface area (Å²) in [5.41, 5.74) is 1.73. The van der Waals surface area contributed by atoms with E-state index in [2.05, 4.69) is 40.1 Å². The molecule has 21 heavy (non-hydrogen) atoms. The van der Waals surface area contributed by atoms with Crippen molar-refractivity contribution in [2.24, 2.45) is 4.99 Å². The summed E-state index contributed by atoms with van der Waals surface area (Å²) in [7, 11) is 1.75. The van der Waals surface area contributed by atoms with Crippen molar-refractivity contribution in [3.63, 3.8) is 0 Å². The van der Waals surface area contributed by atoms with Gasteiger partial charge in [0.2, 0.25) is 0 Å². The molecular weight excluding hydrogens is 280 g/mol. The molecular formula is C16H18N4S. The highest BCUT2D eigenvalue weighted by molar-refractivity contribution is 7.10. The second kappa shape index (κ2) is 7.46. The number of hydrogen-bond acceptors (Lipinski definition) is 3. The van der Waals surface area contributed by atoms with E-state index < -0.39 is 0 Å². The van der Waals surface area contributed by atoms with Gasteiger partial charge in [-0.05, 0) is 36.1 Å². The smallest absolute Gasteiger partial charge is 0.191 e. The minimum Gasteiger partial charge on any atom is -0.352 e. The summed E-state index contributed by atoms with van der Waals surface area (Å²) in [6.07, 6.45) is 0. The van der Waals surface area contributed by atoms with Gasteiger partial charge in [-0.15, -0.1) is 11.3 Å². The van der Waals surface area contributed by atoms with Crippen molar-refractivity contribution in [3.8, 4) is 6.07 Å². The molecule has 0 amide bonds. The molecule has 0 saturated heterocycles.